The van der Waals surface area contributed by atoms with E-state index in [9.17, 15) is 5.11 Å². The van der Waals surface area contributed by atoms with Crippen molar-refractivity contribution in [2.24, 2.45) is 5.92 Å². The van der Waals surface area contributed by atoms with Crippen LogP contribution in [-0.2, 0) is 11.3 Å². The van der Waals surface area contributed by atoms with Gasteiger partial charge in [-0.25, -0.2) is 0 Å². The molecule has 19 heavy (non-hydrogen) atoms. The highest BCUT2D eigenvalue weighted by Gasteiger charge is 2.05. The van der Waals surface area contributed by atoms with Crippen LogP contribution < -0.4 is 5.32 Å². The summed E-state index contributed by atoms with van der Waals surface area (Å²) in [6, 6.07) is 3.88. The molecule has 2 N–H and O–H groups in total. The van der Waals surface area contributed by atoms with E-state index < -0.39 is 6.10 Å². The molecule has 1 aromatic heterocycles. The molecule has 0 bridgehead atoms. The van der Waals surface area contributed by atoms with Crippen LogP contribution in [0, 0.1) is 12.8 Å². The van der Waals surface area contributed by atoms with E-state index in [0.717, 1.165) is 24.5 Å². The van der Waals surface area contributed by atoms with Gasteiger partial charge in [-0.3, -0.25) is 0 Å². The second kappa shape index (κ2) is 9.13. The van der Waals surface area contributed by atoms with Crippen molar-refractivity contribution >= 4 is 0 Å². The molecule has 4 nitrogen and oxygen atoms in total. The summed E-state index contributed by atoms with van der Waals surface area (Å²) in [5.74, 6) is 2.51. The topological polar surface area (TPSA) is 54.6 Å². The van der Waals surface area contributed by atoms with Crippen molar-refractivity contribution < 1.29 is 14.3 Å². The van der Waals surface area contributed by atoms with Gasteiger partial charge in [0, 0.05) is 13.2 Å². The molecule has 0 fully saturated rings. The number of ether oxygens (including phenoxy) is 1. The van der Waals surface area contributed by atoms with E-state index in [-0.39, 0.29) is 0 Å². The predicted molar refractivity (Wildman–Crippen MR) is 76.0 cm³/mol. The molecule has 0 spiro atoms. The van der Waals surface area contributed by atoms with Crippen molar-refractivity contribution in [2.45, 2.75) is 46.3 Å². The van der Waals surface area contributed by atoms with Crippen LogP contribution in [0.5, 0.6) is 0 Å². The number of furan rings is 1. The van der Waals surface area contributed by atoms with Crippen molar-refractivity contribution in [3.8, 4) is 0 Å². The van der Waals surface area contributed by atoms with Crippen molar-refractivity contribution in [1.82, 2.24) is 5.32 Å². The zero-order valence-electron chi connectivity index (χ0n) is 12.3. The lowest BCUT2D eigenvalue weighted by Crippen LogP contribution is -2.30. The van der Waals surface area contributed by atoms with Gasteiger partial charge in [-0.15, -0.1) is 0 Å². The molecule has 0 aliphatic carbocycles. The third-order valence-electron chi connectivity index (χ3n) is 2.86. The summed E-state index contributed by atoms with van der Waals surface area (Å²) in [4.78, 5) is 0. The lowest BCUT2D eigenvalue weighted by molar-refractivity contribution is 0.0344. The Balaban J connectivity index is 1.97. The second-order valence-corrected chi connectivity index (χ2v) is 5.41. The van der Waals surface area contributed by atoms with Crippen molar-refractivity contribution in [1.29, 1.82) is 0 Å². The summed E-state index contributed by atoms with van der Waals surface area (Å²) in [5, 5.41) is 12.9. The quantitative estimate of drug-likeness (QED) is 0.641. The summed E-state index contributed by atoms with van der Waals surface area (Å²) in [6.45, 7) is 8.60. The normalized spacial score (nSPS) is 13.1. The van der Waals surface area contributed by atoms with Crippen molar-refractivity contribution in [3.05, 3.63) is 23.7 Å². The number of hydrogen-bond donors (Lipinski definition) is 2. The number of aliphatic hydroxyl groups excluding tert-OH is 1. The van der Waals surface area contributed by atoms with E-state index in [4.69, 9.17) is 9.15 Å². The van der Waals surface area contributed by atoms with Crippen LogP contribution >= 0.6 is 0 Å². The molecular weight excluding hydrogens is 242 g/mol. The third-order valence-corrected chi connectivity index (χ3v) is 2.86. The third kappa shape index (κ3) is 8.03. The minimum atomic E-state index is -0.463. The predicted octanol–water partition coefficient (Wildman–Crippen LogP) is 2.49. The molecule has 1 aromatic rings. The molecule has 110 valence electrons. The van der Waals surface area contributed by atoms with E-state index in [1.165, 1.54) is 6.42 Å². The van der Waals surface area contributed by atoms with Crippen molar-refractivity contribution in [3.63, 3.8) is 0 Å². The molecular formula is C15H27NO3. The Hall–Kier alpha value is -0.840. The molecule has 4 heteroatoms. The molecule has 0 saturated heterocycles. The highest BCUT2D eigenvalue weighted by molar-refractivity contribution is 5.05. The standard InChI is InChI=1S/C15H27NO3/c1-12(2)5-4-8-18-11-14(17)9-16-10-15-7-6-13(3)19-15/h6-7,12,14,16-17H,4-5,8-11H2,1-3H3. The Kier molecular flexibility index (Phi) is 7.79. The van der Waals surface area contributed by atoms with E-state index in [1.54, 1.807) is 0 Å². The first-order valence-electron chi connectivity index (χ1n) is 7.09. The van der Waals surface area contributed by atoms with Gasteiger partial charge >= 0.3 is 0 Å². The van der Waals surface area contributed by atoms with Gasteiger partial charge in [-0.2, -0.15) is 0 Å². The van der Waals surface area contributed by atoms with Gasteiger partial charge in [0.05, 0.1) is 19.3 Å². The van der Waals surface area contributed by atoms with Gasteiger partial charge in [-0.1, -0.05) is 13.8 Å². The Labute approximate surface area is 116 Å². The molecule has 0 aliphatic heterocycles. The number of aryl methyl sites for hydroxylation is 1. The van der Waals surface area contributed by atoms with Crippen LogP contribution in [0.2, 0.25) is 0 Å². The van der Waals surface area contributed by atoms with Gasteiger partial charge < -0.3 is 19.6 Å². The average Bonchev–Trinajstić information content (AvgIpc) is 2.74. The smallest absolute Gasteiger partial charge is 0.117 e. The summed E-state index contributed by atoms with van der Waals surface area (Å²) >= 11 is 0. The van der Waals surface area contributed by atoms with Gasteiger partial charge in [0.25, 0.3) is 0 Å². The van der Waals surface area contributed by atoms with Crippen molar-refractivity contribution in [2.75, 3.05) is 19.8 Å². The molecule has 0 aromatic carbocycles. The highest BCUT2D eigenvalue weighted by Crippen LogP contribution is 2.05. The lowest BCUT2D eigenvalue weighted by atomic mass is 10.1. The zero-order chi connectivity index (χ0) is 14.1. The summed E-state index contributed by atoms with van der Waals surface area (Å²) < 4.78 is 10.9. The van der Waals surface area contributed by atoms with Gasteiger partial charge in [0.2, 0.25) is 0 Å². The fraction of sp³-hybridized carbons (Fsp3) is 0.733. The van der Waals surface area contributed by atoms with Crippen LogP contribution in [0.25, 0.3) is 0 Å². The molecule has 0 saturated carbocycles. The average molecular weight is 269 g/mol. The Morgan fingerprint density at radius 3 is 2.79 bits per heavy atom. The van der Waals surface area contributed by atoms with E-state index in [1.807, 2.05) is 19.1 Å². The number of nitrogens with one attached hydrogen (secondary N) is 1. The molecule has 0 aliphatic rings. The van der Waals surface area contributed by atoms with Crippen LogP contribution in [-0.4, -0.2) is 31.0 Å². The number of hydrogen-bond acceptors (Lipinski definition) is 4. The fourth-order valence-corrected chi connectivity index (χ4v) is 1.81. The number of rotatable bonds is 10. The first kappa shape index (κ1) is 16.2. The van der Waals surface area contributed by atoms with Crippen LogP contribution in [0.15, 0.2) is 16.5 Å². The van der Waals surface area contributed by atoms with Gasteiger partial charge in [0.1, 0.15) is 11.5 Å². The molecule has 1 heterocycles. The van der Waals surface area contributed by atoms with Gasteiger partial charge in [-0.05, 0) is 37.8 Å². The summed E-state index contributed by atoms with van der Waals surface area (Å²) in [6.07, 6.45) is 1.77. The highest BCUT2D eigenvalue weighted by atomic mass is 16.5. The Bertz CT molecular complexity index is 336. The largest absolute Gasteiger partial charge is 0.465 e. The SMILES string of the molecule is Cc1ccc(CNCC(O)COCCCC(C)C)o1. The zero-order valence-corrected chi connectivity index (χ0v) is 12.3. The minimum absolute atomic E-state index is 0.391. The van der Waals surface area contributed by atoms with Crippen LogP contribution in [0.3, 0.4) is 0 Å². The van der Waals surface area contributed by atoms with E-state index >= 15 is 0 Å². The van der Waals surface area contributed by atoms with Crippen LogP contribution in [0.4, 0.5) is 0 Å². The lowest BCUT2D eigenvalue weighted by Gasteiger charge is -2.12. The number of aliphatic hydroxyl groups is 1. The Morgan fingerprint density at radius 1 is 1.37 bits per heavy atom. The van der Waals surface area contributed by atoms with E-state index in [0.29, 0.717) is 25.6 Å². The summed E-state index contributed by atoms with van der Waals surface area (Å²) in [5.41, 5.74) is 0. The molecule has 0 radical (unpaired) electrons. The molecule has 1 rings (SSSR count). The first-order valence-corrected chi connectivity index (χ1v) is 7.09. The maximum atomic E-state index is 9.72. The maximum Gasteiger partial charge on any atom is 0.117 e. The van der Waals surface area contributed by atoms with Crippen LogP contribution in [0.1, 0.15) is 38.2 Å². The molecule has 1 atom stereocenters. The Morgan fingerprint density at radius 2 is 2.16 bits per heavy atom. The fourth-order valence-electron chi connectivity index (χ4n) is 1.81. The summed E-state index contributed by atoms with van der Waals surface area (Å²) in [7, 11) is 0. The van der Waals surface area contributed by atoms with Gasteiger partial charge in [0.15, 0.2) is 0 Å². The minimum Gasteiger partial charge on any atom is -0.465 e. The van der Waals surface area contributed by atoms with E-state index in [2.05, 4.69) is 19.2 Å². The first-order chi connectivity index (χ1) is 9.08. The second-order valence-electron chi connectivity index (χ2n) is 5.41. The molecule has 0 amide bonds. The maximum absolute atomic E-state index is 9.72. The monoisotopic (exact) mass is 269 g/mol. The molecule has 1 unspecified atom stereocenters.